The predicted molar refractivity (Wildman–Crippen MR) is 54.3 cm³/mol. The van der Waals surface area contributed by atoms with E-state index in [0.29, 0.717) is 6.04 Å². The minimum Gasteiger partial charge on any atom is -0.304 e. The Morgan fingerprint density at radius 2 is 2.00 bits per heavy atom. The molecule has 0 spiro atoms. The van der Waals surface area contributed by atoms with Crippen LogP contribution in [0, 0.1) is 11.8 Å². The van der Waals surface area contributed by atoms with Crippen molar-refractivity contribution in [2.45, 2.75) is 46.1 Å². The summed E-state index contributed by atoms with van der Waals surface area (Å²) in [5.41, 5.74) is 0. The van der Waals surface area contributed by atoms with E-state index in [9.17, 15) is 0 Å². The van der Waals surface area contributed by atoms with Gasteiger partial charge in [0.2, 0.25) is 0 Å². The molecule has 0 aromatic rings. The zero-order valence-corrected chi connectivity index (χ0v) is 9.01. The molecule has 1 rings (SSSR count). The van der Waals surface area contributed by atoms with Gasteiger partial charge in [0.05, 0.1) is 0 Å². The minimum absolute atomic E-state index is 0.716. The van der Waals surface area contributed by atoms with E-state index >= 15 is 0 Å². The summed E-state index contributed by atoms with van der Waals surface area (Å²) in [6.45, 7) is 8.16. The Hall–Kier alpha value is -0.0400. The van der Waals surface area contributed by atoms with E-state index in [0.717, 1.165) is 11.8 Å². The Labute approximate surface area is 77.1 Å². The van der Waals surface area contributed by atoms with Crippen LogP contribution in [0.15, 0.2) is 0 Å². The van der Waals surface area contributed by atoms with Crippen LogP contribution in [0.2, 0.25) is 0 Å². The smallest absolute Gasteiger partial charge is 0.00356 e. The Balaban J connectivity index is 2.10. The van der Waals surface area contributed by atoms with Gasteiger partial charge in [0.25, 0.3) is 0 Å². The van der Waals surface area contributed by atoms with Gasteiger partial charge in [-0.1, -0.05) is 19.8 Å². The highest BCUT2D eigenvalue weighted by atomic mass is 15.1. The van der Waals surface area contributed by atoms with Crippen molar-refractivity contribution in [1.29, 1.82) is 0 Å². The second kappa shape index (κ2) is 4.27. The Morgan fingerprint density at radius 3 is 2.50 bits per heavy atom. The summed E-state index contributed by atoms with van der Waals surface area (Å²) in [7, 11) is 2.24. The van der Waals surface area contributed by atoms with Crippen LogP contribution in [0.3, 0.4) is 0 Å². The molecule has 0 bridgehead atoms. The maximum absolute atomic E-state index is 2.47. The molecule has 1 heteroatoms. The van der Waals surface area contributed by atoms with Gasteiger partial charge in [0.15, 0.2) is 0 Å². The molecule has 72 valence electrons. The van der Waals surface area contributed by atoms with Crippen molar-refractivity contribution in [1.82, 2.24) is 4.90 Å². The van der Waals surface area contributed by atoms with Gasteiger partial charge in [0, 0.05) is 12.6 Å². The third kappa shape index (κ3) is 2.78. The van der Waals surface area contributed by atoms with E-state index < -0.39 is 0 Å². The number of nitrogens with zero attached hydrogens (tertiary/aromatic N) is 1. The van der Waals surface area contributed by atoms with Crippen LogP contribution in [0.4, 0.5) is 0 Å². The maximum atomic E-state index is 2.47. The first-order chi connectivity index (χ1) is 5.65. The summed E-state index contributed by atoms with van der Waals surface area (Å²) >= 11 is 0. The fourth-order valence-electron chi connectivity index (χ4n) is 1.84. The molecule has 12 heavy (non-hydrogen) atoms. The first-order valence-electron chi connectivity index (χ1n) is 5.35. The largest absolute Gasteiger partial charge is 0.304 e. The monoisotopic (exact) mass is 169 g/mol. The van der Waals surface area contributed by atoms with E-state index in [1.165, 1.54) is 25.8 Å². The molecule has 0 aliphatic heterocycles. The molecule has 1 fully saturated rings. The van der Waals surface area contributed by atoms with Gasteiger partial charge in [-0.3, -0.25) is 0 Å². The summed E-state index contributed by atoms with van der Waals surface area (Å²) in [4.78, 5) is 2.47. The lowest BCUT2D eigenvalue weighted by Gasteiger charge is -2.20. The quantitative estimate of drug-likeness (QED) is 0.611. The third-order valence-electron chi connectivity index (χ3n) is 3.13. The normalized spacial score (nSPS) is 28.5. The fourth-order valence-corrected chi connectivity index (χ4v) is 1.84. The van der Waals surface area contributed by atoms with Crippen molar-refractivity contribution in [3.63, 3.8) is 0 Å². The third-order valence-corrected chi connectivity index (χ3v) is 3.13. The van der Waals surface area contributed by atoms with E-state index in [2.05, 4.69) is 32.7 Å². The van der Waals surface area contributed by atoms with E-state index in [1.807, 2.05) is 0 Å². The van der Waals surface area contributed by atoms with Crippen LogP contribution in [0.5, 0.6) is 0 Å². The van der Waals surface area contributed by atoms with E-state index in [4.69, 9.17) is 0 Å². The zero-order chi connectivity index (χ0) is 9.14. The molecule has 0 unspecified atom stereocenters. The van der Waals surface area contributed by atoms with Gasteiger partial charge < -0.3 is 4.90 Å². The SMILES string of the molecule is CCC[C@@H]1C[C@H]1CN(C)C(C)C. The van der Waals surface area contributed by atoms with E-state index in [-0.39, 0.29) is 0 Å². The minimum atomic E-state index is 0.716. The van der Waals surface area contributed by atoms with Crippen molar-refractivity contribution in [2.24, 2.45) is 11.8 Å². The van der Waals surface area contributed by atoms with Crippen molar-refractivity contribution >= 4 is 0 Å². The van der Waals surface area contributed by atoms with Crippen LogP contribution < -0.4 is 0 Å². The Morgan fingerprint density at radius 1 is 1.33 bits per heavy atom. The topological polar surface area (TPSA) is 3.24 Å². The number of rotatable bonds is 5. The van der Waals surface area contributed by atoms with Gasteiger partial charge in [-0.25, -0.2) is 0 Å². The molecular formula is C11H23N. The van der Waals surface area contributed by atoms with Crippen LogP contribution in [0.1, 0.15) is 40.0 Å². The van der Waals surface area contributed by atoms with Gasteiger partial charge in [-0.05, 0) is 39.2 Å². The first-order valence-corrected chi connectivity index (χ1v) is 5.35. The Kier molecular flexibility index (Phi) is 3.57. The van der Waals surface area contributed by atoms with E-state index in [1.54, 1.807) is 0 Å². The molecule has 1 aliphatic carbocycles. The van der Waals surface area contributed by atoms with Crippen LogP contribution in [0.25, 0.3) is 0 Å². The standard InChI is InChI=1S/C11H23N/c1-5-6-10-7-11(10)8-12(4)9(2)3/h9-11H,5-8H2,1-4H3/t10-,11+/m1/s1. The van der Waals surface area contributed by atoms with Gasteiger partial charge in [0.1, 0.15) is 0 Å². The molecule has 2 atom stereocenters. The van der Waals surface area contributed by atoms with Gasteiger partial charge in [-0.2, -0.15) is 0 Å². The lowest BCUT2D eigenvalue weighted by Crippen LogP contribution is -2.28. The van der Waals surface area contributed by atoms with Gasteiger partial charge in [-0.15, -0.1) is 0 Å². The molecule has 1 nitrogen and oxygen atoms in total. The highest BCUT2D eigenvalue weighted by Gasteiger charge is 2.36. The molecule has 0 N–H and O–H groups in total. The van der Waals surface area contributed by atoms with Gasteiger partial charge >= 0.3 is 0 Å². The van der Waals surface area contributed by atoms with Crippen molar-refractivity contribution in [2.75, 3.05) is 13.6 Å². The fraction of sp³-hybridized carbons (Fsp3) is 1.00. The first kappa shape index (κ1) is 10.0. The molecule has 0 radical (unpaired) electrons. The molecule has 0 amide bonds. The average Bonchev–Trinajstić information content (AvgIpc) is 2.68. The molecule has 1 saturated carbocycles. The predicted octanol–water partition coefficient (Wildman–Crippen LogP) is 2.76. The lowest BCUT2D eigenvalue weighted by molar-refractivity contribution is 0.257. The molecule has 0 saturated heterocycles. The summed E-state index contributed by atoms with van der Waals surface area (Å²) in [5, 5.41) is 0. The lowest BCUT2D eigenvalue weighted by atomic mass is 10.2. The number of hydrogen-bond acceptors (Lipinski definition) is 1. The van der Waals surface area contributed by atoms with Crippen molar-refractivity contribution < 1.29 is 0 Å². The second-order valence-electron chi connectivity index (χ2n) is 4.58. The summed E-state index contributed by atoms with van der Waals surface area (Å²) in [6.07, 6.45) is 4.31. The number of hydrogen-bond donors (Lipinski definition) is 0. The zero-order valence-electron chi connectivity index (χ0n) is 9.01. The van der Waals surface area contributed by atoms with Crippen LogP contribution >= 0.6 is 0 Å². The molecule has 0 heterocycles. The van der Waals surface area contributed by atoms with Crippen LogP contribution in [-0.4, -0.2) is 24.5 Å². The maximum Gasteiger partial charge on any atom is 0.00356 e. The van der Waals surface area contributed by atoms with Crippen LogP contribution in [-0.2, 0) is 0 Å². The Bertz CT molecular complexity index is 131. The molecule has 0 aromatic heterocycles. The molecule has 0 aromatic carbocycles. The second-order valence-corrected chi connectivity index (χ2v) is 4.58. The average molecular weight is 169 g/mol. The highest BCUT2D eigenvalue weighted by molar-refractivity contribution is 4.87. The molecule has 1 aliphatic rings. The van der Waals surface area contributed by atoms with Crippen molar-refractivity contribution in [3.05, 3.63) is 0 Å². The van der Waals surface area contributed by atoms with Crippen molar-refractivity contribution in [3.8, 4) is 0 Å². The molecular weight excluding hydrogens is 146 g/mol. The summed E-state index contributed by atoms with van der Waals surface area (Å²) in [5.74, 6) is 2.09. The summed E-state index contributed by atoms with van der Waals surface area (Å²) < 4.78 is 0. The summed E-state index contributed by atoms with van der Waals surface area (Å²) in [6, 6.07) is 0.716. The highest BCUT2D eigenvalue weighted by Crippen LogP contribution is 2.42.